The van der Waals surface area contributed by atoms with Crippen LogP contribution in [0.25, 0.3) is 0 Å². The van der Waals surface area contributed by atoms with Gasteiger partial charge in [0.2, 0.25) is 0 Å². The molecule has 0 saturated heterocycles. The van der Waals surface area contributed by atoms with E-state index in [4.69, 9.17) is 23.4 Å². The quantitative estimate of drug-likeness (QED) is 0.0589. The standard InChI is InChI=1S/C30H62O6Si/c1-7-8-9-10-11-12-13-14-15-16-17-18-19-20-29(31)35-27-25-33-23-21-32-22-24-34-26-28-36-37(5,6)30(2,3)4/h7-28H2,1-6H3. The van der Waals surface area contributed by atoms with Gasteiger partial charge in [-0.1, -0.05) is 105 Å². The molecule has 0 atom stereocenters. The molecule has 7 heteroatoms. The molecule has 0 fully saturated rings. The van der Waals surface area contributed by atoms with Crippen molar-refractivity contribution in [1.29, 1.82) is 0 Å². The Morgan fingerprint density at radius 3 is 1.38 bits per heavy atom. The summed E-state index contributed by atoms with van der Waals surface area (Å²) in [7, 11) is -1.69. The lowest BCUT2D eigenvalue weighted by Gasteiger charge is -2.36. The van der Waals surface area contributed by atoms with E-state index >= 15 is 0 Å². The average Bonchev–Trinajstić information content (AvgIpc) is 2.84. The Labute approximate surface area is 231 Å². The Hall–Kier alpha value is -0.473. The van der Waals surface area contributed by atoms with Gasteiger partial charge in [-0.2, -0.15) is 0 Å². The van der Waals surface area contributed by atoms with E-state index in [0.717, 1.165) is 12.8 Å². The number of unbranched alkanes of at least 4 members (excludes halogenated alkanes) is 12. The third-order valence-electron chi connectivity index (χ3n) is 7.22. The molecule has 0 radical (unpaired) electrons. The minimum Gasteiger partial charge on any atom is -0.463 e. The zero-order chi connectivity index (χ0) is 27.7. The van der Waals surface area contributed by atoms with E-state index in [-0.39, 0.29) is 11.0 Å². The van der Waals surface area contributed by atoms with E-state index in [2.05, 4.69) is 40.8 Å². The molecule has 0 unspecified atom stereocenters. The molecule has 0 N–H and O–H groups in total. The van der Waals surface area contributed by atoms with E-state index in [1.54, 1.807) is 0 Å². The minimum atomic E-state index is -1.69. The molecule has 0 amide bonds. The SMILES string of the molecule is CCCCCCCCCCCCCCCC(=O)OCCOCCOCCOCCO[Si](C)(C)C(C)(C)C. The van der Waals surface area contributed by atoms with Gasteiger partial charge in [-0.15, -0.1) is 0 Å². The number of ether oxygens (including phenoxy) is 4. The van der Waals surface area contributed by atoms with Crippen LogP contribution in [0.1, 0.15) is 118 Å². The highest BCUT2D eigenvalue weighted by atomic mass is 28.4. The Morgan fingerprint density at radius 2 is 0.946 bits per heavy atom. The van der Waals surface area contributed by atoms with E-state index in [1.165, 1.54) is 70.6 Å². The van der Waals surface area contributed by atoms with Crippen LogP contribution in [-0.2, 0) is 28.2 Å². The molecule has 0 aromatic rings. The Bertz CT molecular complexity index is 507. The second-order valence-corrected chi connectivity index (χ2v) is 16.5. The Balaban J connectivity index is 3.27. The maximum absolute atomic E-state index is 11.8. The number of hydrogen-bond acceptors (Lipinski definition) is 6. The highest BCUT2D eigenvalue weighted by Crippen LogP contribution is 2.36. The lowest BCUT2D eigenvalue weighted by atomic mass is 10.0. The van der Waals surface area contributed by atoms with Gasteiger partial charge in [0.15, 0.2) is 8.32 Å². The van der Waals surface area contributed by atoms with Crippen LogP contribution in [0.3, 0.4) is 0 Å². The highest BCUT2D eigenvalue weighted by Gasteiger charge is 2.36. The Morgan fingerprint density at radius 1 is 0.568 bits per heavy atom. The van der Waals surface area contributed by atoms with E-state index in [9.17, 15) is 4.79 Å². The number of rotatable bonds is 27. The number of carbonyl (C=O) groups is 1. The van der Waals surface area contributed by atoms with Crippen molar-refractivity contribution in [1.82, 2.24) is 0 Å². The normalized spacial score (nSPS) is 12.3. The molecule has 0 aromatic carbocycles. The van der Waals surface area contributed by atoms with Gasteiger partial charge in [0.25, 0.3) is 0 Å². The van der Waals surface area contributed by atoms with Crippen molar-refractivity contribution in [3.05, 3.63) is 0 Å². The van der Waals surface area contributed by atoms with Gasteiger partial charge >= 0.3 is 5.97 Å². The van der Waals surface area contributed by atoms with Crippen LogP contribution in [0.2, 0.25) is 18.1 Å². The van der Waals surface area contributed by atoms with Crippen LogP contribution in [0, 0.1) is 0 Å². The fourth-order valence-corrected chi connectivity index (χ4v) is 4.71. The first kappa shape index (κ1) is 36.5. The van der Waals surface area contributed by atoms with E-state index in [0.29, 0.717) is 59.3 Å². The third-order valence-corrected chi connectivity index (χ3v) is 11.8. The van der Waals surface area contributed by atoms with Crippen LogP contribution in [0.5, 0.6) is 0 Å². The molecule has 222 valence electrons. The summed E-state index contributed by atoms with van der Waals surface area (Å²) in [5.41, 5.74) is 0. The molecular formula is C30H62O6Si. The maximum Gasteiger partial charge on any atom is 0.305 e. The average molecular weight is 547 g/mol. The van der Waals surface area contributed by atoms with Crippen LogP contribution in [0.15, 0.2) is 0 Å². The lowest BCUT2D eigenvalue weighted by molar-refractivity contribution is -0.145. The molecule has 0 bridgehead atoms. The van der Waals surface area contributed by atoms with Crippen LogP contribution < -0.4 is 0 Å². The van der Waals surface area contributed by atoms with E-state index < -0.39 is 8.32 Å². The predicted octanol–water partition coefficient (Wildman–Crippen LogP) is 8.08. The fourth-order valence-electron chi connectivity index (χ4n) is 3.69. The fraction of sp³-hybridized carbons (Fsp3) is 0.967. The van der Waals surface area contributed by atoms with Gasteiger partial charge in [-0.05, 0) is 24.6 Å². The number of carbonyl (C=O) groups excluding carboxylic acids is 1. The number of hydrogen-bond donors (Lipinski definition) is 0. The first-order chi connectivity index (χ1) is 17.7. The number of esters is 1. The van der Waals surface area contributed by atoms with Crippen molar-refractivity contribution in [3.63, 3.8) is 0 Å². The van der Waals surface area contributed by atoms with Gasteiger partial charge in [0, 0.05) is 6.42 Å². The topological polar surface area (TPSA) is 63.2 Å². The van der Waals surface area contributed by atoms with Crippen molar-refractivity contribution in [2.75, 3.05) is 52.9 Å². The molecule has 0 saturated carbocycles. The van der Waals surface area contributed by atoms with Crippen LogP contribution in [-0.4, -0.2) is 67.1 Å². The molecular weight excluding hydrogens is 484 g/mol. The Kier molecular flexibility index (Phi) is 24.2. The maximum atomic E-state index is 11.8. The van der Waals surface area contributed by atoms with Crippen molar-refractivity contribution < 1.29 is 28.2 Å². The summed E-state index contributed by atoms with van der Waals surface area (Å²) in [6, 6.07) is 0. The van der Waals surface area contributed by atoms with Crippen molar-refractivity contribution in [3.8, 4) is 0 Å². The summed E-state index contributed by atoms with van der Waals surface area (Å²) in [6.07, 6.45) is 17.5. The molecule has 6 nitrogen and oxygen atoms in total. The second-order valence-electron chi connectivity index (χ2n) is 11.7. The van der Waals surface area contributed by atoms with Gasteiger partial charge in [-0.3, -0.25) is 4.79 Å². The summed E-state index contributed by atoms with van der Waals surface area (Å²) in [5.74, 6) is -0.113. The molecule has 0 aromatic heterocycles. The molecule has 0 aliphatic carbocycles. The third kappa shape index (κ3) is 24.3. The zero-order valence-corrected chi connectivity index (χ0v) is 26.5. The second kappa shape index (κ2) is 24.6. The van der Waals surface area contributed by atoms with Crippen molar-refractivity contribution in [2.24, 2.45) is 0 Å². The first-order valence-electron chi connectivity index (χ1n) is 15.2. The smallest absolute Gasteiger partial charge is 0.305 e. The molecule has 0 spiro atoms. The van der Waals surface area contributed by atoms with Crippen molar-refractivity contribution >= 4 is 14.3 Å². The van der Waals surface area contributed by atoms with Crippen LogP contribution >= 0.6 is 0 Å². The first-order valence-corrected chi connectivity index (χ1v) is 18.1. The minimum absolute atomic E-state index is 0.113. The monoisotopic (exact) mass is 546 g/mol. The largest absolute Gasteiger partial charge is 0.463 e. The summed E-state index contributed by atoms with van der Waals surface area (Å²) < 4.78 is 27.9. The summed E-state index contributed by atoms with van der Waals surface area (Å²) in [4.78, 5) is 11.8. The van der Waals surface area contributed by atoms with Gasteiger partial charge in [0.1, 0.15) is 6.61 Å². The molecule has 37 heavy (non-hydrogen) atoms. The molecule has 0 aliphatic rings. The summed E-state index contributed by atoms with van der Waals surface area (Å²) in [5, 5.41) is 0.223. The molecule has 0 heterocycles. The van der Waals surface area contributed by atoms with Crippen molar-refractivity contribution in [2.45, 2.75) is 136 Å². The van der Waals surface area contributed by atoms with Gasteiger partial charge < -0.3 is 23.4 Å². The van der Waals surface area contributed by atoms with Gasteiger partial charge in [0.05, 0.1) is 46.2 Å². The van der Waals surface area contributed by atoms with Crippen LogP contribution in [0.4, 0.5) is 0 Å². The predicted molar refractivity (Wildman–Crippen MR) is 157 cm³/mol. The summed E-state index contributed by atoms with van der Waals surface area (Å²) in [6.45, 7) is 17.5. The lowest BCUT2D eigenvalue weighted by Crippen LogP contribution is -2.41. The van der Waals surface area contributed by atoms with Gasteiger partial charge in [-0.25, -0.2) is 0 Å². The van der Waals surface area contributed by atoms with E-state index in [1.807, 2.05) is 0 Å². The molecule has 0 aliphatic heterocycles. The molecule has 0 rings (SSSR count). The summed E-state index contributed by atoms with van der Waals surface area (Å²) >= 11 is 0. The zero-order valence-electron chi connectivity index (χ0n) is 25.5. The highest BCUT2D eigenvalue weighted by molar-refractivity contribution is 6.74.